The number of likely N-dealkylation sites (N-methyl/N-ethyl adjacent to an activating group) is 2. The smallest absolute Gasteiger partial charge is 0.0495 e. The van der Waals surface area contributed by atoms with E-state index in [0.717, 1.165) is 0 Å². The maximum atomic E-state index is 2.28. The summed E-state index contributed by atoms with van der Waals surface area (Å²) in [5, 5.41) is 0. The molecule has 0 saturated carbocycles. The van der Waals surface area contributed by atoms with Crippen LogP contribution in [0.4, 0.5) is 0 Å². The van der Waals surface area contributed by atoms with Crippen molar-refractivity contribution in [3.63, 3.8) is 0 Å². The molecule has 0 unspecified atom stereocenters. The van der Waals surface area contributed by atoms with E-state index in [4.69, 9.17) is 0 Å². The largest absolute Gasteiger partial charge is 0.305 e. The minimum absolute atomic E-state index is 0.446. The summed E-state index contributed by atoms with van der Waals surface area (Å²) in [5.74, 6) is 0. The molecule has 0 aliphatic rings. The van der Waals surface area contributed by atoms with Crippen molar-refractivity contribution in [2.24, 2.45) is 0 Å². The average Bonchev–Trinajstić information content (AvgIpc) is 2.18. The van der Waals surface area contributed by atoms with Crippen LogP contribution in [0.3, 0.4) is 0 Å². The lowest BCUT2D eigenvalue weighted by molar-refractivity contribution is 0.164. The van der Waals surface area contributed by atoms with Gasteiger partial charge >= 0.3 is 0 Å². The second-order valence-electron chi connectivity index (χ2n) is 4.52. The van der Waals surface area contributed by atoms with Crippen LogP contribution < -0.4 is 0 Å². The van der Waals surface area contributed by atoms with Crippen LogP contribution in [-0.2, 0) is 0 Å². The molecule has 84 valence electrons. The van der Waals surface area contributed by atoms with Gasteiger partial charge in [-0.1, -0.05) is 30.3 Å². The van der Waals surface area contributed by atoms with Crippen LogP contribution in [0.5, 0.6) is 0 Å². The Hall–Kier alpha value is -0.860. The van der Waals surface area contributed by atoms with Crippen molar-refractivity contribution >= 4 is 0 Å². The second-order valence-corrected chi connectivity index (χ2v) is 4.52. The van der Waals surface area contributed by atoms with Crippen LogP contribution in [0, 0.1) is 0 Å². The molecule has 1 rings (SSSR count). The van der Waals surface area contributed by atoms with Gasteiger partial charge in [-0.25, -0.2) is 0 Å². The van der Waals surface area contributed by atoms with E-state index in [1.807, 2.05) is 0 Å². The molecule has 1 aromatic carbocycles. The van der Waals surface area contributed by atoms with E-state index in [1.54, 1.807) is 0 Å². The van der Waals surface area contributed by atoms with E-state index in [-0.39, 0.29) is 0 Å². The van der Waals surface area contributed by atoms with Gasteiger partial charge in [-0.15, -0.1) is 0 Å². The summed E-state index contributed by atoms with van der Waals surface area (Å²) >= 11 is 0. The van der Waals surface area contributed by atoms with E-state index in [0.29, 0.717) is 12.1 Å². The summed E-state index contributed by atoms with van der Waals surface area (Å²) in [6, 6.07) is 11.6. The molecule has 0 spiro atoms. The van der Waals surface area contributed by atoms with Crippen LogP contribution in [-0.4, -0.2) is 44.0 Å². The number of hydrogen-bond donors (Lipinski definition) is 0. The first-order valence-corrected chi connectivity index (χ1v) is 5.42. The maximum absolute atomic E-state index is 2.28. The van der Waals surface area contributed by atoms with Gasteiger partial charge in [0.25, 0.3) is 0 Å². The van der Waals surface area contributed by atoms with Crippen molar-refractivity contribution in [2.45, 2.75) is 19.0 Å². The number of rotatable bonds is 4. The van der Waals surface area contributed by atoms with Crippen LogP contribution in [0.2, 0.25) is 0 Å². The molecule has 0 radical (unpaired) electrons. The standard InChI is InChI=1S/C13H22N2/c1-11(14(2)3)13(15(4)5)12-9-7-6-8-10-12/h6-11,13H,1-5H3/t11-,13+/m1/s1. The van der Waals surface area contributed by atoms with Crippen LogP contribution in [0.15, 0.2) is 30.3 Å². The molecule has 0 fully saturated rings. The van der Waals surface area contributed by atoms with Crippen molar-refractivity contribution in [2.75, 3.05) is 28.2 Å². The van der Waals surface area contributed by atoms with Crippen LogP contribution >= 0.6 is 0 Å². The van der Waals surface area contributed by atoms with E-state index >= 15 is 0 Å². The number of benzene rings is 1. The van der Waals surface area contributed by atoms with Gasteiger partial charge in [0.05, 0.1) is 0 Å². The Bertz CT molecular complexity index is 280. The normalized spacial score (nSPS) is 15.7. The lowest BCUT2D eigenvalue weighted by Gasteiger charge is -2.34. The Labute approximate surface area is 93.5 Å². The lowest BCUT2D eigenvalue weighted by Crippen LogP contribution is -2.38. The molecule has 1 aromatic rings. The molecule has 2 nitrogen and oxygen atoms in total. The van der Waals surface area contributed by atoms with Gasteiger partial charge in [-0.2, -0.15) is 0 Å². The highest BCUT2D eigenvalue weighted by atomic mass is 15.2. The van der Waals surface area contributed by atoms with Crippen molar-refractivity contribution in [1.82, 2.24) is 9.80 Å². The molecule has 0 amide bonds. The molecule has 0 N–H and O–H groups in total. The quantitative estimate of drug-likeness (QED) is 0.745. The Kier molecular flexibility index (Phi) is 4.30. The molecule has 15 heavy (non-hydrogen) atoms. The summed E-state index contributed by atoms with van der Waals surface area (Å²) < 4.78 is 0. The molecular formula is C13H22N2. The van der Waals surface area contributed by atoms with Gasteiger partial charge in [0.2, 0.25) is 0 Å². The number of nitrogens with zero attached hydrogens (tertiary/aromatic N) is 2. The molecule has 0 aromatic heterocycles. The Morgan fingerprint density at radius 2 is 1.40 bits per heavy atom. The second kappa shape index (κ2) is 5.29. The molecule has 2 atom stereocenters. The van der Waals surface area contributed by atoms with Crippen molar-refractivity contribution in [3.8, 4) is 0 Å². The first-order valence-electron chi connectivity index (χ1n) is 5.42. The average molecular weight is 206 g/mol. The van der Waals surface area contributed by atoms with E-state index < -0.39 is 0 Å². The van der Waals surface area contributed by atoms with Gasteiger partial charge in [0.15, 0.2) is 0 Å². The molecule has 2 heteroatoms. The van der Waals surface area contributed by atoms with Gasteiger partial charge in [0.1, 0.15) is 0 Å². The summed E-state index contributed by atoms with van der Waals surface area (Å²) in [7, 11) is 8.53. The summed E-state index contributed by atoms with van der Waals surface area (Å²) in [5.41, 5.74) is 1.38. The molecule has 0 heterocycles. The third kappa shape index (κ3) is 3.05. The summed E-state index contributed by atoms with van der Waals surface area (Å²) in [6.07, 6.45) is 0. The minimum Gasteiger partial charge on any atom is -0.305 e. The fourth-order valence-electron chi connectivity index (χ4n) is 1.94. The molecule has 0 bridgehead atoms. The zero-order chi connectivity index (χ0) is 11.4. The van der Waals surface area contributed by atoms with Gasteiger partial charge in [0, 0.05) is 12.1 Å². The van der Waals surface area contributed by atoms with Gasteiger partial charge in [-0.05, 0) is 40.7 Å². The van der Waals surface area contributed by atoms with E-state index in [2.05, 4.69) is 75.2 Å². The summed E-state index contributed by atoms with van der Waals surface area (Å²) in [4.78, 5) is 4.54. The predicted octanol–water partition coefficient (Wildman–Crippen LogP) is 2.24. The fraction of sp³-hybridized carbons (Fsp3) is 0.538. The number of hydrogen-bond acceptors (Lipinski definition) is 2. The van der Waals surface area contributed by atoms with E-state index in [1.165, 1.54) is 5.56 Å². The monoisotopic (exact) mass is 206 g/mol. The topological polar surface area (TPSA) is 6.48 Å². The van der Waals surface area contributed by atoms with Crippen LogP contribution in [0.1, 0.15) is 18.5 Å². The third-order valence-electron chi connectivity index (χ3n) is 2.97. The maximum Gasteiger partial charge on any atom is 0.0495 e. The van der Waals surface area contributed by atoms with Crippen molar-refractivity contribution < 1.29 is 0 Å². The van der Waals surface area contributed by atoms with Crippen LogP contribution in [0.25, 0.3) is 0 Å². The Balaban J connectivity index is 2.93. The van der Waals surface area contributed by atoms with Gasteiger partial charge in [-0.3, -0.25) is 0 Å². The van der Waals surface area contributed by atoms with Gasteiger partial charge < -0.3 is 9.80 Å². The summed E-state index contributed by atoms with van der Waals surface area (Å²) in [6.45, 7) is 2.26. The predicted molar refractivity (Wildman–Crippen MR) is 66.0 cm³/mol. The minimum atomic E-state index is 0.446. The Morgan fingerprint density at radius 3 is 1.80 bits per heavy atom. The first kappa shape index (κ1) is 12.2. The highest BCUT2D eigenvalue weighted by Gasteiger charge is 2.22. The first-order chi connectivity index (χ1) is 7.04. The third-order valence-corrected chi connectivity index (χ3v) is 2.97. The Morgan fingerprint density at radius 1 is 0.867 bits per heavy atom. The highest BCUT2D eigenvalue weighted by Crippen LogP contribution is 2.23. The zero-order valence-electron chi connectivity index (χ0n) is 10.4. The van der Waals surface area contributed by atoms with Crippen molar-refractivity contribution in [1.29, 1.82) is 0 Å². The highest BCUT2D eigenvalue weighted by molar-refractivity contribution is 5.20. The fourth-order valence-corrected chi connectivity index (χ4v) is 1.94. The molecule has 0 saturated heterocycles. The molecular weight excluding hydrogens is 184 g/mol. The lowest BCUT2D eigenvalue weighted by atomic mass is 9.99. The molecule has 0 aliphatic heterocycles. The zero-order valence-corrected chi connectivity index (χ0v) is 10.4. The SMILES string of the molecule is C[C@H]([C@@H](c1ccccc1)N(C)C)N(C)C. The van der Waals surface area contributed by atoms with Crippen molar-refractivity contribution in [3.05, 3.63) is 35.9 Å². The van der Waals surface area contributed by atoms with E-state index in [9.17, 15) is 0 Å². The molecule has 0 aliphatic carbocycles.